The molecule has 30 heavy (non-hydrogen) atoms. The van der Waals surface area contributed by atoms with E-state index in [0.29, 0.717) is 10.9 Å². The molecule has 0 bridgehead atoms. The summed E-state index contributed by atoms with van der Waals surface area (Å²) in [6.45, 7) is -0.168. The molecule has 4 aromatic rings. The number of carbonyl (C=O) groups excluding carboxylic acids is 1. The van der Waals surface area contributed by atoms with E-state index < -0.39 is 0 Å². The first-order valence-corrected chi connectivity index (χ1v) is 10.6. The van der Waals surface area contributed by atoms with Gasteiger partial charge in [-0.2, -0.15) is 0 Å². The van der Waals surface area contributed by atoms with Crippen molar-refractivity contribution in [2.24, 2.45) is 0 Å². The fourth-order valence-corrected chi connectivity index (χ4v) is 4.92. The van der Waals surface area contributed by atoms with Crippen LogP contribution in [0, 0.1) is 0 Å². The predicted octanol–water partition coefficient (Wildman–Crippen LogP) is 3.67. The Hall–Kier alpha value is -3.45. The Morgan fingerprint density at radius 3 is 2.57 bits per heavy atom. The zero-order valence-corrected chi connectivity index (χ0v) is 16.8. The summed E-state index contributed by atoms with van der Waals surface area (Å²) in [6, 6.07) is 24.7. The summed E-state index contributed by atoms with van der Waals surface area (Å²) in [5.74, 6) is 0.550. The summed E-state index contributed by atoms with van der Waals surface area (Å²) < 4.78 is 1.15. The Labute approximate surface area is 177 Å². The summed E-state index contributed by atoms with van der Waals surface area (Å²) in [5.41, 5.74) is 2.12. The second kappa shape index (κ2) is 7.76. The predicted molar refractivity (Wildman–Crippen MR) is 118 cm³/mol. The van der Waals surface area contributed by atoms with Gasteiger partial charge < -0.3 is 4.90 Å². The maximum atomic E-state index is 13.5. The Bertz CT molecular complexity index is 1290. The van der Waals surface area contributed by atoms with Crippen LogP contribution in [-0.2, 0) is 11.3 Å². The van der Waals surface area contributed by atoms with E-state index in [1.807, 2.05) is 54.6 Å². The molecule has 1 atom stereocenters. The van der Waals surface area contributed by atoms with Crippen LogP contribution in [-0.4, -0.2) is 26.7 Å². The Morgan fingerprint density at radius 1 is 0.967 bits per heavy atom. The smallest absolute Gasteiger partial charge is 0.278 e. The molecule has 0 saturated heterocycles. The lowest BCUT2D eigenvalue weighted by Crippen LogP contribution is -2.42. The molecule has 5 rings (SSSR count). The SMILES string of the molecule is O=C(Cn1nnc2ccccc2c1=O)N1c2ccccc2SCC1c1ccccc1. The van der Waals surface area contributed by atoms with Crippen LogP contribution in [0.3, 0.4) is 0 Å². The minimum absolute atomic E-state index is 0.122. The molecular formula is C23H18N4O2S. The highest BCUT2D eigenvalue weighted by molar-refractivity contribution is 7.99. The number of fused-ring (bicyclic) bond motifs is 2. The minimum Gasteiger partial charge on any atom is -0.301 e. The Kier molecular flexibility index (Phi) is 4.80. The molecule has 0 aliphatic carbocycles. The third-order valence-corrected chi connectivity index (χ3v) is 6.34. The second-order valence-corrected chi connectivity index (χ2v) is 8.10. The Morgan fingerprint density at radius 2 is 1.70 bits per heavy atom. The summed E-state index contributed by atoms with van der Waals surface area (Å²) in [4.78, 5) is 29.2. The van der Waals surface area contributed by atoms with E-state index >= 15 is 0 Å². The quantitative estimate of drug-likeness (QED) is 0.512. The molecule has 0 spiro atoms. The molecule has 6 nitrogen and oxygen atoms in total. The number of rotatable bonds is 3. The molecule has 7 heteroatoms. The Balaban J connectivity index is 1.55. The van der Waals surface area contributed by atoms with Crippen molar-refractivity contribution in [2.45, 2.75) is 17.5 Å². The number of carbonyl (C=O) groups is 1. The zero-order chi connectivity index (χ0) is 20.5. The molecule has 0 radical (unpaired) electrons. The molecule has 0 fully saturated rings. The molecule has 0 saturated carbocycles. The van der Waals surface area contributed by atoms with Gasteiger partial charge in [-0.3, -0.25) is 9.59 Å². The van der Waals surface area contributed by atoms with Crippen LogP contribution in [0.1, 0.15) is 11.6 Å². The first kappa shape index (κ1) is 18.6. The highest BCUT2D eigenvalue weighted by atomic mass is 32.2. The number of anilines is 1. The van der Waals surface area contributed by atoms with Crippen LogP contribution in [0.5, 0.6) is 0 Å². The van der Waals surface area contributed by atoms with Crippen LogP contribution < -0.4 is 10.5 Å². The fourth-order valence-electron chi connectivity index (χ4n) is 3.75. The second-order valence-electron chi connectivity index (χ2n) is 7.04. The van der Waals surface area contributed by atoms with Gasteiger partial charge in [0, 0.05) is 10.6 Å². The van der Waals surface area contributed by atoms with E-state index in [0.717, 1.165) is 26.6 Å². The number of hydrogen-bond donors (Lipinski definition) is 0. The number of hydrogen-bond acceptors (Lipinski definition) is 5. The van der Waals surface area contributed by atoms with Gasteiger partial charge in [0.1, 0.15) is 12.1 Å². The minimum atomic E-state index is -0.315. The highest BCUT2D eigenvalue weighted by Crippen LogP contribution is 2.43. The summed E-state index contributed by atoms with van der Waals surface area (Å²) in [6.07, 6.45) is 0. The molecule has 1 amide bonds. The third-order valence-electron chi connectivity index (χ3n) is 5.20. The molecule has 3 aromatic carbocycles. The number of para-hydroxylation sites is 1. The lowest BCUT2D eigenvalue weighted by atomic mass is 10.1. The average Bonchev–Trinajstić information content (AvgIpc) is 2.81. The molecule has 1 unspecified atom stereocenters. The van der Waals surface area contributed by atoms with Crippen LogP contribution in [0.2, 0.25) is 0 Å². The van der Waals surface area contributed by atoms with Gasteiger partial charge in [-0.25, -0.2) is 4.68 Å². The maximum Gasteiger partial charge on any atom is 0.278 e. The lowest BCUT2D eigenvalue weighted by Gasteiger charge is -2.37. The summed E-state index contributed by atoms with van der Waals surface area (Å²) >= 11 is 1.73. The van der Waals surface area contributed by atoms with E-state index in [1.165, 1.54) is 0 Å². The maximum absolute atomic E-state index is 13.5. The topological polar surface area (TPSA) is 68.1 Å². The average molecular weight is 414 g/mol. The first-order valence-electron chi connectivity index (χ1n) is 9.64. The molecule has 148 valence electrons. The monoisotopic (exact) mass is 414 g/mol. The van der Waals surface area contributed by atoms with Crippen LogP contribution in [0.15, 0.2) is 88.6 Å². The van der Waals surface area contributed by atoms with Crippen molar-refractivity contribution < 1.29 is 4.79 Å². The van der Waals surface area contributed by atoms with E-state index in [2.05, 4.69) is 10.3 Å². The van der Waals surface area contributed by atoms with Gasteiger partial charge in [-0.1, -0.05) is 59.8 Å². The lowest BCUT2D eigenvalue weighted by molar-refractivity contribution is -0.120. The molecular weight excluding hydrogens is 396 g/mol. The van der Waals surface area contributed by atoms with E-state index in [1.54, 1.807) is 40.9 Å². The normalized spacial score (nSPS) is 15.7. The van der Waals surface area contributed by atoms with Gasteiger partial charge in [0.25, 0.3) is 5.56 Å². The number of aromatic nitrogens is 3. The van der Waals surface area contributed by atoms with Crippen molar-refractivity contribution in [3.63, 3.8) is 0 Å². The van der Waals surface area contributed by atoms with Gasteiger partial charge >= 0.3 is 0 Å². The van der Waals surface area contributed by atoms with Gasteiger partial charge in [-0.15, -0.1) is 16.9 Å². The van der Waals surface area contributed by atoms with E-state index in [-0.39, 0.29) is 24.1 Å². The van der Waals surface area contributed by atoms with Crippen molar-refractivity contribution in [3.05, 3.63) is 94.8 Å². The summed E-state index contributed by atoms with van der Waals surface area (Å²) in [5, 5.41) is 8.55. The van der Waals surface area contributed by atoms with Crippen LogP contribution in [0.4, 0.5) is 5.69 Å². The van der Waals surface area contributed by atoms with E-state index in [9.17, 15) is 9.59 Å². The van der Waals surface area contributed by atoms with Gasteiger partial charge in [0.15, 0.2) is 0 Å². The molecule has 1 aromatic heterocycles. The fraction of sp³-hybridized carbons (Fsp3) is 0.130. The number of thioether (sulfide) groups is 1. The van der Waals surface area contributed by atoms with Gasteiger partial charge in [0.2, 0.25) is 5.91 Å². The molecule has 1 aliphatic heterocycles. The van der Waals surface area contributed by atoms with Gasteiger partial charge in [-0.05, 0) is 29.8 Å². The number of benzene rings is 3. The van der Waals surface area contributed by atoms with Crippen molar-refractivity contribution in [1.29, 1.82) is 0 Å². The summed E-state index contributed by atoms with van der Waals surface area (Å²) in [7, 11) is 0. The van der Waals surface area contributed by atoms with Crippen LogP contribution >= 0.6 is 11.8 Å². The standard InChI is InChI=1S/C23H18N4O2S/c28-22(14-26-23(29)17-10-4-5-11-18(17)24-25-26)27-19-12-6-7-13-21(19)30-15-20(27)16-8-2-1-3-9-16/h1-13,20H,14-15H2. The van der Waals surface area contributed by atoms with Crippen LogP contribution in [0.25, 0.3) is 10.9 Å². The van der Waals surface area contributed by atoms with Gasteiger partial charge in [0.05, 0.1) is 17.1 Å². The first-order chi connectivity index (χ1) is 14.7. The molecule has 2 heterocycles. The number of amides is 1. The van der Waals surface area contributed by atoms with E-state index in [4.69, 9.17) is 0 Å². The number of nitrogens with zero attached hydrogens (tertiary/aromatic N) is 4. The molecule has 0 N–H and O–H groups in total. The molecule has 1 aliphatic rings. The third kappa shape index (κ3) is 3.27. The van der Waals surface area contributed by atoms with Crippen molar-refractivity contribution in [2.75, 3.05) is 10.7 Å². The van der Waals surface area contributed by atoms with Crippen molar-refractivity contribution in [3.8, 4) is 0 Å². The highest BCUT2D eigenvalue weighted by Gasteiger charge is 2.32. The zero-order valence-electron chi connectivity index (χ0n) is 16.0. The van der Waals surface area contributed by atoms with Crippen molar-refractivity contribution in [1.82, 2.24) is 15.0 Å². The van der Waals surface area contributed by atoms with Crippen molar-refractivity contribution >= 4 is 34.3 Å². The largest absolute Gasteiger partial charge is 0.301 e.